The number of aliphatic hydroxyl groups excluding tert-OH is 2. The number of carbonyl (C=O) groups excluding carboxylic acids is 3. The van der Waals surface area contributed by atoms with E-state index in [0.717, 1.165) is 27.1 Å². The van der Waals surface area contributed by atoms with Crippen LogP contribution < -0.4 is 5.32 Å². The number of hydrogen-bond donors (Lipinski definition) is 3. The Labute approximate surface area is 280 Å². The van der Waals surface area contributed by atoms with E-state index in [1.165, 1.54) is 33.4 Å². The van der Waals surface area contributed by atoms with Crippen molar-refractivity contribution < 1.29 is 43.5 Å². The second kappa shape index (κ2) is 12.7. The van der Waals surface area contributed by atoms with Crippen molar-refractivity contribution in [2.24, 2.45) is 0 Å². The van der Waals surface area contributed by atoms with Gasteiger partial charge < -0.3 is 34.5 Å². The maximum Gasteiger partial charge on any atom is 0.303 e. The number of aromatic nitrogens is 4. The summed E-state index contributed by atoms with van der Waals surface area (Å²) in [6.07, 6.45) is -2.71. The molecule has 3 aromatic carbocycles. The van der Waals surface area contributed by atoms with Gasteiger partial charge in [0, 0.05) is 32.8 Å². The Hall–Kier alpha value is -5.18. The normalized spacial score (nSPS) is 24.9. The minimum Gasteiger partial charge on any atom is -0.456 e. The highest BCUT2D eigenvalue weighted by Gasteiger charge is 2.50. The molecule has 3 N–H and O–H groups in total. The second-order valence-corrected chi connectivity index (χ2v) is 12.4. The van der Waals surface area contributed by atoms with Gasteiger partial charge in [-0.05, 0) is 39.6 Å². The third-order valence-corrected chi connectivity index (χ3v) is 9.11. The van der Waals surface area contributed by atoms with E-state index in [0.29, 0.717) is 22.3 Å². The van der Waals surface area contributed by atoms with E-state index < -0.39 is 60.7 Å². The highest BCUT2D eigenvalue weighted by Crippen LogP contribution is 2.48. The van der Waals surface area contributed by atoms with Crippen molar-refractivity contribution in [2.75, 3.05) is 11.9 Å². The molecule has 49 heavy (non-hydrogen) atoms. The first-order valence-electron chi connectivity index (χ1n) is 15.9. The highest BCUT2D eigenvalue weighted by atomic mass is 16.6. The van der Waals surface area contributed by atoms with Gasteiger partial charge >= 0.3 is 17.9 Å². The number of benzene rings is 3. The molecule has 14 nitrogen and oxygen atoms in total. The highest BCUT2D eigenvalue weighted by molar-refractivity contribution is 6.10. The number of anilines is 1. The van der Waals surface area contributed by atoms with Crippen LogP contribution in [0.5, 0.6) is 0 Å². The summed E-state index contributed by atoms with van der Waals surface area (Å²) < 4.78 is 25.1. The van der Waals surface area contributed by atoms with Crippen LogP contribution in [-0.2, 0) is 33.3 Å². The molecule has 2 aromatic heterocycles. The minimum atomic E-state index is -1.23. The zero-order valence-corrected chi connectivity index (χ0v) is 27.2. The van der Waals surface area contributed by atoms with Gasteiger partial charge in [0.2, 0.25) is 0 Å². The van der Waals surface area contributed by atoms with Gasteiger partial charge in [-0.3, -0.25) is 19.0 Å². The van der Waals surface area contributed by atoms with Gasteiger partial charge in [0.25, 0.3) is 0 Å². The van der Waals surface area contributed by atoms with Gasteiger partial charge in [0.1, 0.15) is 18.7 Å². The van der Waals surface area contributed by atoms with Gasteiger partial charge in [-0.1, -0.05) is 42.5 Å². The van der Waals surface area contributed by atoms with Crippen LogP contribution in [0.2, 0.25) is 0 Å². The summed E-state index contributed by atoms with van der Waals surface area (Å²) in [5.41, 5.74) is 2.89. The molecule has 1 aliphatic carbocycles. The van der Waals surface area contributed by atoms with E-state index in [2.05, 4.69) is 26.3 Å². The third kappa shape index (κ3) is 5.71. The fraction of sp³-hybridized carbons (Fsp3) is 0.371. The average Bonchev–Trinajstić information content (AvgIpc) is 3.66. The van der Waals surface area contributed by atoms with Crippen molar-refractivity contribution in [3.05, 3.63) is 71.8 Å². The summed E-state index contributed by atoms with van der Waals surface area (Å²) in [6.45, 7) is 5.38. The quantitative estimate of drug-likeness (QED) is 0.130. The molecule has 0 unspecified atom stereocenters. The van der Waals surface area contributed by atoms with E-state index in [1.807, 2.05) is 43.3 Å². The van der Waals surface area contributed by atoms with E-state index in [9.17, 15) is 24.6 Å². The molecule has 0 radical (unpaired) electrons. The van der Waals surface area contributed by atoms with Crippen molar-refractivity contribution in [2.45, 2.75) is 76.9 Å². The van der Waals surface area contributed by atoms with Crippen LogP contribution in [-0.4, -0.2) is 78.7 Å². The molecule has 7 rings (SSSR count). The maximum absolute atomic E-state index is 12.7. The molecule has 3 heterocycles. The lowest BCUT2D eigenvalue weighted by atomic mass is 9.77. The van der Waals surface area contributed by atoms with Gasteiger partial charge in [0.15, 0.2) is 35.3 Å². The van der Waals surface area contributed by atoms with Crippen molar-refractivity contribution >= 4 is 56.4 Å². The van der Waals surface area contributed by atoms with E-state index in [1.54, 1.807) is 4.57 Å². The molecule has 1 aliphatic heterocycles. The summed E-state index contributed by atoms with van der Waals surface area (Å²) in [7, 11) is 0. The summed E-state index contributed by atoms with van der Waals surface area (Å²) in [4.78, 5) is 51.3. The van der Waals surface area contributed by atoms with Crippen LogP contribution in [0.25, 0.3) is 32.7 Å². The number of ether oxygens (including phenoxy) is 4. The Balaban J connectivity index is 1.45. The molecular weight excluding hydrogens is 634 g/mol. The Morgan fingerprint density at radius 2 is 1.69 bits per heavy atom. The lowest BCUT2D eigenvalue weighted by molar-refractivity contribution is -0.187. The summed E-state index contributed by atoms with van der Waals surface area (Å²) in [5, 5.41) is 27.2. The number of aryl methyl sites for hydroxylation is 1. The van der Waals surface area contributed by atoms with E-state index in [4.69, 9.17) is 18.9 Å². The van der Waals surface area contributed by atoms with Gasteiger partial charge in [0.05, 0.1) is 25.1 Å². The average molecular weight is 670 g/mol. The van der Waals surface area contributed by atoms with Crippen LogP contribution in [0.15, 0.2) is 55.1 Å². The van der Waals surface area contributed by atoms with Crippen molar-refractivity contribution in [1.29, 1.82) is 0 Å². The summed E-state index contributed by atoms with van der Waals surface area (Å²) in [6, 6.07) is 12.9. The number of esters is 3. The molecular formula is C35H35N5O9. The molecule has 5 aromatic rings. The Kier molecular flexibility index (Phi) is 8.38. The monoisotopic (exact) mass is 669 g/mol. The summed E-state index contributed by atoms with van der Waals surface area (Å²) >= 11 is 0. The van der Waals surface area contributed by atoms with Gasteiger partial charge in [-0.25, -0.2) is 15.0 Å². The molecule has 7 atom stereocenters. The standard InChI is InChI=1S/C35H35N5O9/c1-16-11-20-7-5-6-8-21(20)22-9-10-23-28(27(16)22)29(32(47-18(3)43)33(48-19(4)44)31(23)46-17(2)42)39-34-30-35(37-14-36-34)40(15-38-30)26-12-24(45)25(13-41)49-26/h5-11,14-15,24-26,29,31-33,41,45H,12-13H2,1-4H3,(H,36,37,39)/t24-,25+,26+,29+,31-,32-,33+/m0/s1. The Morgan fingerprint density at radius 1 is 0.959 bits per heavy atom. The van der Waals surface area contributed by atoms with Crippen LogP contribution >= 0.6 is 0 Å². The Bertz CT molecular complexity index is 2120. The third-order valence-electron chi connectivity index (χ3n) is 9.11. The molecule has 0 bridgehead atoms. The maximum atomic E-state index is 12.7. The van der Waals surface area contributed by atoms with Gasteiger partial charge in [-0.2, -0.15) is 0 Å². The lowest BCUT2D eigenvalue weighted by Crippen LogP contribution is -2.50. The summed E-state index contributed by atoms with van der Waals surface area (Å²) in [5.74, 6) is -1.64. The number of carbonyl (C=O) groups is 3. The van der Waals surface area contributed by atoms with Crippen LogP contribution in [0, 0.1) is 6.92 Å². The number of fused-ring (bicyclic) bond motifs is 6. The molecule has 1 saturated heterocycles. The SMILES string of the molecule is CC(=O)O[C@@H]1[C@H](OC(C)=O)[C@@H](OC(C)=O)c2ccc3c(c(C)cc4ccccc43)c2[C@H]1Nc1ncnc2c1ncn2[C@H]1C[C@H](O)[C@@H](CO)O1. The van der Waals surface area contributed by atoms with Crippen molar-refractivity contribution in [3.63, 3.8) is 0 Å². The number of imidazole rings is 1. The first-order chi connectivity index (χ1) is 23.5. The zero-order valence-electron chi connectivity index (χ0n) is 27.2. The number of rotatable bonds is 7. The number of aliphatic hydroxyl groups is 2. The first kappa shape index (κ1) is 32.4. The van der Waals surface area contributed by atoms with Crippen molar-refractivity contribution in [1.82, 2.24) is 19.5 Å². The molecule has 2 aliphatic rings. The number of nitrogens with one attached hydrogen (secondary N) is 1. The molecule has 0 spiro atoms. The van der Waals surface area contributed by atoms with Crippen molar-refractivity contribution in [3.8, 4) is 0 Å². The fourth-order valence-corrected chi connectivity index (χ4v) is 7.22. The Morgan fingerprint density at radius 3 is 2.41 bits per heavy atom. The molecule has 0 amide bonds. The molecule has 0 saturated carbocycles. The predicted molar refractivity (Wildman–Crippen MR) is 175 cm³/mol. The van der Waals surface area contributed by atoms with Crippen LogP contribution in [0.3, 0.4) is 0 Å². The largest absolute Gasteiger partial charge is 0.456 e. The zero-order chi connectivity index (χ0) is 34.6. The van der Waals surface area contributed by atoms with Crippen LogP contribution in [0.4, 0.5) is 5.82 Å². The topological polar surface area (TPSA) is 184 Å². The number of nitrogens with zero attached hydrogens (tertiary/aromatic N) is 4. The van der Waals surface area contributed by atoms with Gasteiger partial charge in [-0.15, -0.1) is 0 Å². The molecule has 1 fully saturated rings. The minimum absolute atomic E-state index is 0.217. The first-order valence-corrected chi connectivity index (χ1v) is 15.9. The molecule has 14 heteroatoms. The smallest absolute Gasteiger partial charge is 0.303 e. The lowest BCUT2D eigenvalue weighted by Gasteiger charge is -2.43. The van der Waals surface area contributed by atoms with E-state index in [-0.39, 0.29) is 18.8 Å². The second-order valence-electron chi connectivity index (χ2n) is 12.4. The fourth-order valence-electron chi connectivity index (χ4n) is 7.22. The van der Waals surface area contributed by atoms with Crippen LogP contribution in [0.1, 0.15) is 62.3 Å². The predicted octanol–water partition coefficient (Wildman–Crippen LogP) is 3.72. The molecule has 254 valence electrons. The van der Waals surface area contributed by atoms with E-state index >= 15 is 0 Å². The number of hydrogen-bond acceptors (Lipinski definition) is 13.